The summed E-state index contributed by atoms with van der Waals surface area (Å²) in [6, 6.07) is 18.6. The topological polar surface area (TPSA) is 117 Å². The first-order valence-electron chi connectivity index (χ1n) is 11.9. The Hall–Kier alpha value is -3.67. The molecule has 0 aliphatic carbocycles. The largest absolute Gasteiger partial charge is 0.368 e. The molecule has 0 radical (unpaired) electrons. The van der Waals surface area contributed by atoms with Crippen LogP contribution in [0.3, 0.4) is 0 Å². The number of nitrogens with zero attached hydrogens (tertiary/aromatic N) is 4. The van der Waals surface area contributed by atoms with Gasteiger partial charge in [-0.25, -0.2) is 4.98 Å². The highest BCUT2D eigenvalue weighted by Crippen LogP contribution is 2.20. The van der Waals surface area contributed by atoms with Gasteiger partial charge in [0.25, 0.3) is 0 Å². The molecule has 0 bridgehead atoms. The second-order valence-electron chi connectivity index (χ2n) is 9.03. The predicted molar refractivity (Wildman–Crippen MR) is 139 cm³/mol. The van der Waals surface area contributed by atoms with Crippen LogP contribution in [0.5, 0.6) is 0 Å². The Balaban J connectivity index is 0.00000361. The number of nitrogens with one attached hydrogen (secondary N) is 1. The second-order valence-corrected chi connectivity index (χ2v) is 9.03. The zero-order valence-corrected chi connectivity index (χ0v) is 20.9. The number of nitrogens with two attached hydrogens (primary N) is 1. The third kappa shape index (κ3) is 7.17. The maximum Gasteiger partial charge on any atom is 0.240 e. The molecule has 2 aromatic carbocycles. The fourth-order valence-corrected chi connectivity index (χ4v) is 4.45. The molecule has 2 amide bonds. The van der Waals surface area contributed by atoms with Crippen molar-refractivity contribution in [3.05, 3.63) is 89.5 Å². The molecule has 1 saturated heterocycles. The van der Waals surface area contributed by atoms with Crippen LogP contribution in [-0.2, 0) is 29.1 Å². The number of aromatic nitrogens is 2. The number of halogens is 1. The maximum absolute atomic E-state index is 12.9. The number of likely N-dealkylation sites (tertiary alicyclic amines) is 1. The highest BCUT2D eigenvalue weighted by Gasteiger charge is 2.28. The van der Waals surface area contributed by atoms with Gasteiger partial charge in [0.05, 0.1) is 23.7 Å². The van der Waals surface area contributed by atoms with Crippen molar-refractivity contribution < 1.29 is 9.59 Å². The molecular weight excluding hydrogens is 476 g/mol. The molecule has 1 aliphatic heterocycles. The minimum atomic E-state index is -0.709. The van der Waals surface area contributed by atoms with Crippen molar-refractivity contribution in [2.75, 3.05) is 13.1 Å². The quantitative estimate of drug-likeness (QED) is 0.462. The summed E-state index contributed by atoms with van der Waals surface area (Å²) < 4.78 is 2.11. The Morgan fingerprint density at radius 3 is 2.39 bits per heavy atom. The molecule has 3 N–H and O–H groups in total. The van der Waals surface area contributed by atoms with Crippen LogP contribution < -0.4 is 11.1 Å². The number of imidazole rings is 1. The van der Waals surface area contributed by atoms with Crippen LogP contribution >= 0.6 is 12.4 Å². The first-order valence-corrected chi connectivity index (χ1v) is 11.9. The van der Waals surface area contributed by atoms with Gasteiger partial charge in [-0.2, -0.15) is 5.26 Å². The number of carbonyl (C=O) groups is 2. The maximum atomic E-state index is 12.9. The lowest BCUT2D eigenvalue weighted by atomic mass is 9.95. The van der Waals surface area contributed by atoms with Crippen LogP contribution in [0, 0.1) is 17.2 Å². The van der Waals surface area contributed by atoms with Crippen molar-refractivity contribution in [2.24, 2.45) is 11.7 Å². The second kappa shape index (κ2) is 12.9. The van der Waals surface area contributed by atoms with Crippen LogP contribution in [-0.4, -0.2) is 45.4 Å². The molecule has 1 aromatic heterocycles. The molecule has 1 atom stereocenters. The monoisotopic (exact) mass is 506 g/mol. The number of nitriles is 1. The van der Waals surface area contributed by atoms with E-state index in [1.54, 1.807) is 0 Å². The molecule has 8 nitrogen and oxygen atoms in total. The normalized spacial score (nSPS) is 14.9. The van der Waals surface area contributed by atoms with Crippen molar-refractivity contribution in [2.45, 2.75) is 38.4 Å². The first-order chi connectivity index (χ1) is 17.0. The van der Waals surface area contributed by atoms with Crippen LogP contribution in [0.1, 0.15) is 35.2 Å². The lowest BCUT2D eigenvalue weighted by Crippen LogP contribution is -2.49. The van der Waals surface area contributed by atoms with E-state index in [-0.39, 0.29) is 24.2 Å². The summed E-state index contributed by atoms with van der Waals surface area (Å²) in [5, 5.41) is 11.8. The molecule has 1 fully saturated rings. The highest BCUT2D eigenvalue weighted by atomic mass is 35.5. The smallest absolute Gasteiger partial charge is 0.240 e. The van der Waals surface area contributed by atoms with E-state index in [2.05, 4.69) is 25.8 Å². The third-order valence-electron chi connectivity index (χ3n) is 6.52. The van der Waals surface area contributed by atoms with E-state index in [0.717, 1.165) is 49.3 Å². The number of rotatable bonds is 9. The van der Waals surface area contributed by atoms with Crippen LogP contribution in [0.2, 0.25) is 0 Å². The van der Waals surface area contributed by atoms with Gasteiger partial charge in [-0.15, -0.1) is 12.4 Å². The number of amides is 2. The SMILES string of the molecule is Cl.N#Cc1ccc(Cn2cncc2CN2CCC(C(=O)N[C@@H](Cc3ccccc3)C(N)=O)CC2)cc1. The summed E-state index contributed by atoms with van der Waals surface area (Å²) in [6.45, 7) is 3.03. The van der Waals surface area contributed by atoms with E-state index < -0.39 is 11.9 Å². The van der Waals surface area contributed by atoms with Gasteiger partial charge in [0, 0.05) is 31.6 Å². The molecular formula is C27H31ClN6O2. The fourth-order valence-electron chi connectivity index (χ4n) is 4.45. The Morgan fingerprint density at radius 1 is 1.06 bits per heavy atom. The lowest BCUT2D eigenvalue weighted by Gasteiger charge is -2.32. The first kappa shape index (κ1) is 26.9. The zero-order valence-electron chi connectivity index (χ0n) is 20.0. The number of benzene rings is 2. The molecule has 9 heteroatoms. The lowest BCUT2D eigenvalue weighted by molar-refractivity contribution is -0.131. The average molecular weight is 507 g/mol. The number of hydrogen-bond acceptors (Lipinski definition) is 5. The van der Waals surface area contributed by atoms with Crippen molar-refractivity contribution in [3.63, 3.8) is 0 Å². The van der Waals surface area contributed by atoms with Gasteiger partial charge < -0.3 is 15.6 Å². The van der Waals surface area contributed by atoms with Crippen LogP contribution in [0.25, 0.3) is 0 Å². The summed E-state index contributed by atoms with van der Waals surface area (Å²) in [7, 11) is 0. The molecule has 2 heterocycles. The van der Waals surface area contributed by atoms with Gasteiger partial charge in [0.2, 0.25) is 11.8 Å². The molecule has 0 saturated carbocycles. The minimum absolute atomic E-state index is 0. The van der Waals surface area contributed by atoms with E-state index >= 15 is 0 Å². The number of hydrogen-bond donors (Lipinski definition) is 2. The Morgan fingerprint density at radius 2 is 1.75 bits per heavy atom. The van der Waals surface area contributed by atoms with E-state index in [1.165, 1.54) is 0 Å². The standard InChI is InChI=1S/C27H30N6O2.ClH/c28-15-21-6-8-22(9-7-21)17-33-19-30-16-24(33)18-32-12-10-23(11-13-32)27(35)31-25(26(29)34)14-20-4-2-1-3-5-20;/h1-9,16,19,23,25H,10-14,17-18H2,(H2,29,34)(H,31,35);1H/t25-;/m0./s1. The van der Waals surface area contributed by atoms with Gasteiger partial charge in [-0.3, -0.25) is 14.5 Å². The van der Waals surface area contributed by atoms with Crippen molar-refractivity contribution in [1.29, 1.82) is 5.26 Å². The number of carbonyl (C=O) groups excluding carboxylic acids is 2. The third-order valence-corrected chi connectivity index (χ3v) is 6.52. The fraction of sp³-hybridized carbons (Fsp3) is 0.333. The average Bonchev–Trinajstić information content (AvgIpc) is 3.31. The van der Waals surface area contributed by atoms with E-state index in [9.17, 15) is 9.59 Å². The molecule has 188 valence electrons. The number of primary amides is 1. The molecule has 1 aliphatic rings. The predicted octanol–water partition coefficient (Wildman–Crippen LogP) is 2.65. The Kier molecular flexibility index (Phi) is 9.62. The summed E-state index contributed by atoms with van der Waals surface area (Å²) in [6.07, 6.45) is 5.55. The van der Waals surface area contributed by atoms with Crippen LogP contribution in [0.4, 0.5) is 0 Å². The Labute approximate surface area is 217 Å². The van der Waals surface area contributed by atoms with Gasteiger partial charge >= 0.3 is 0 Å². The van der Waals surface area contributed by atoms with Gasteiger partial charge in [0.15, 0.2) is 0 Å². The van der Waals surface area contributed by atoms with Gasteiger partial charge in [0.1, 0.15) is 6.04 Å². The van der Waals surface area contributed by atoms with Crippen molar-refractivity contribution in [3.8, 4) is 6.07 Å². The highest BCUT2D eigenvalue weighted by molar-refractivity contribution is 5.87. The minimum Gasteiger partial charge on any atom is -0.368 e. The van der Waals surface area contributed by atoms with E-state index in [0.29, 0.717) is 18.5 Å². The van der Waals surface area contributed by atoms with Crippen molar-refractivity contribution in [1.82, 2.24) is 19.8 Å². The summed E-state index contributed by atoms with van der Waals surface area (Å²) >= 11 is 0. The summed E-state index contributed by atoms with van der Waals surface area (Å²) in [5.41, 5.74) is 9.38. The summed E-state index contributed by atoms with van der Waals surface area (Å²) in [5.74, 6) is -0.752. The molecule has 3 aromatic rings. The molecule has 4 rings (SSSR count). The Bertz CT molecular complexity index is 1180. The van der Waals surface area contributed by atoms with Crippen molar-refractivity contribution >= 4 is 24.2 Å². The van der Waals surface area contributed by atoms with Crippen LogP contribution in [0.15, 0.2) is 67.1 Å². The van der Waals surface area contributed by atoms with Gasteiger partial charge in [-0.1, -0.05) is 42.5 Å². The van der Waals surface area contributed by atoms with Gasteiger partial charge in [-0.05, 0) is 49.2 Å². The molecule has 0 spiro atoms. The molecule has 0 unspecified atom stereocenters. The summed E-state index contributed by atoms with van der Waals surface area (Å²) in [4.78, 5) is 31.4. The van der Waals surface area contributed by atoms with E-state index in [4.69, 9.17) is 11.0 Å². The zero-order chi connectivity index (χ0) is 24.6. The molecule has 36 heavy (non-hydrogen) atoms. The number of piperidine rings is 1. The van der Waals surface area contributed by atoms with E-state index in [1.807, 2.05) is 67.1 Å².